The minimum Gasteiger partial charge on any atom is -0.307 e. The summed E-state index contributed by atoms with van der Waals surface area (Å²) in [6, 6.07) is 8.72. The van der Waals surface area contributed by atoms with Crippen LogP contribution in [0.15, 0.2) is 41.0 Å². The van der Waals surface area contributed by atoms with Crippen molar-refractivity contribution in [2.24, 2.45) is 0 Å². The predicted octanol–water partition coefficient (Wildman–Crippen LogP) is 5.29. The normalized spacial score (nSPS) is 11.5. The van der Waals surface area contributed by atoms with Gasteiger partial charge in [0.25, 0.3) is 6.43 Å². The van der Waals surface area contributed by atoms with E-state index in [4.69, 9.17) is 11.6 Å². The molecule has 0 atom stereocenters. The van der Waals surface area contributed by atoms with Gasteiger partial charge in [-0.25, -0.2) is 18.4 Å². The van der Waals surface area contributed by atoms with Crippen LogP contribution >= 0.6 is 27.5 Å². The Morgan fingerprint density at radius 1 is 1.22 bits per heavy atom. The van der Waals surface area contributed by atoms with Crippen molar-refractivity contribution in [3.63, 3.8) is 0 Å². The number of rotatable bonds is 6. The maximum atomic E-state index is 13.5. The van der Waals surface area contributed by atoms with Crippen LogP contribution < -0.4 is 5.32 Å². The summed E-state index contributed by atoms with van der Waals surface area (Å²) in [4.78, 5) is 17.0. The Balaban J connectivity index is 1.53. The highest BCUT2D eigenvalue weighted by atomic mass is 79.9. The first-order valence-electron chi connectivity index (χ1n) is 9.61. The molecule has 0 saturated carbocycles. The SMILES string of the molecule is Cc1cc(C(F)F)c2c(C)nn(CC(=O)Nc3nn(Cc4ccc(Cl)cc4)cc3Br)c2n1. The topological polar surface area (TPSA) is 77.6 Å². The van der Waals surface area contributed by atoms with Crippen molar-refractivity contribution < 1.29 is 13.6 Å². The monoisotopic (exact) mass is 522 g/mol. The second-order valence-corrected chi connectivity index (χ2v) is 8.58. The number of alkyl halides is 2. The van der Waals surface area contributed by atoms with Crippen LogP contribution in [-0.2, 0) is 17.9 Å². The first kappa shape index (κ1) is 22.3. The van der Waals surface area contributed by atoms with Crippen LogP contribution in [0.4, 0.5) is 14.6 Å². The molecule has 7 nitrogen and oxygen atoms in total. The van der Waals surface area contributed by atoms with Crippen molar-refractivity contribution in [1.29, 1.82) is 0 Å². The van der Waals surface area contributed by atoms with Crippen LogP contribution in [0.3, 0.4) is 0 Å². The summed E-state index contributed by atoms with van der Waals surface area (Å²) in [5, 5.41) is 12.3. The summed E-state index contributed by atoms with van der Waals surface area (Å²) < 4.78 is 30.6. The first-order chi connectivity index (χ1) is 15.2. The molecule has 0 saturated heterocycles. The highest BCUT2D eigenvalue weighted by molar-refractivity contribution is 9.10. The second-order valence-electron chi connectivity index (χ2n) is 7.29. The van der Waals surface area contributed by atoms with Crippen LogP contribution in [0.1, 0.15) is 28.9 Å². The van der Waals surface area contributed by atoms with Crippen molar-refractivity contribution >= 4 is 50.3 Å². The summed E-state index contributed by atoms with van der Waals surface area (Å²) in [5.41, 5.74) is 1.93. The largest absolute Gasteiger partial charge is 0.307 e. The summed E-state index contributed by atoms with van der Waals surface area (Å²) in [6.07, 6.45) is -0.915. The van der Waals surface area contributed by atoms with Crippen LogP contribution in [0.25, 0.3) is 11.0 Å². The van der Waals surface area contributed by atoms with E-state index in [1.54, 1.807) is 36.9 Å². The molecule has 0 aliphatic heterocycles. The van der Waals surface area contributed by atoms with E-state index in [0.717, 1.165) is 5.56 Å². The van der Waals surface area contributed by atoms with Gasteiger partial charge < -0.3 is 5.32 Å². The third kappa shape index (κ3) is 4.66. The Hall–Kier alpha value is -2.85. The number of carbonyl (C=O) groups excluding carboxylic acids is 1. The van der Waals surface area contributed by atoms with Gasteiger partial charge in [-0.1, -0.05) is 23.7 Å². The molecule has 1 N–H and O–H groups in total. The van der Waals surface area contributed by atoms with Gasteiger partial charge in [-0.15, -0.1) is 0 Å². The van der Waals surface area contributed by atoms with Gasteiger partial charge in [0.15, 0.2) is 11.5 Å². The molecule has 0 aliphatic carbocycles. The Bertz CT molecular complexity index is 1300. The predicted molar refractivity (Wildman–Crippen MR) is 121 cm³/mol. The van der Waals surface area contributed by atoms with E-state index in [-0.39, 0.29) is 23.1 Å². The van der Waals surface area contributed by atoms with Crippen molar-refractivity contribution in [3.8, 4) is 0 Å². The maximum Gasteiger partial charge on any atom is 0.264 e. The standard InChI is InChI=1S/C21H18BrClF2N6O/c1-11-7-15(19(24)25)18-12(2)28-31(21(18)26-11)10-17(32)27-20-16(22)9-30(29-20)8-13-3-5-14(23)6-4-13/h3-7,9,19H,8,10H2,1-2H3,(H,27,29,32). The Kier molecular flexibility index (Phi) is 6.25. The van der Waals surface area contributed by atoms with Crippen LogP contribution in [-0.4, -0.2) is 30.5 Å². The van der Waals surface area contributed by atoms with Crippen LogP contribution in [0.2, 0.25) is 5.02 Å². The third-order valence-electron chi connectivity index (χ3n) is 4.80. The summed E-state index contributed by atoms with van der Waals surface area (Å²) >= 11 is 9.31. The average Bonchev–Trinajstić information content (AvgIpc) is 3.22. The fourth-order valence-electron chi connectivity index (χ4n) is 3.45. The molecular weight excluding hydrogens is 506 g/mol. The molecule has 0 aliphatic rings. The Labute approximate surface area is 195 Å². The molecule has 0 fully saturated rings. The molecule has 1 amide bonds. The van der Waals surface area contributed by atoms with Crippen molar-refractivity contribution in [2.45, 2.75) is 33.4 Å². The number of hydrogen-bond acceptors (Lipinski definition) is 4. The number of nitrogens with zero attached hydrogens (tertiary/aromatic N) is 5. The lowest BCUT2D eigenvalue weighted by Gasteiger charge is -2.07. The third-order valence-corrected chi connectivity index (χ3v) is 5.63. The van der Waals surface area contributed by atoms with E-state index >= 15 is 0 Å². The molecule has 0 unspecified atom stereocenters. The number of aromatic nitrogens is 5. The summed E-state index contributed by atoms with van der Waals surface area (Å²) in [6.45, 7) is 3.55. The minimum absolute atomic E-state index is 0.139. The zero-order valence-corrected chi connectivity index (χ0v) is 19.5. The number of pyridine rings is 1. The lowest BCUT2D eigenvalue weighted by atomic mass is 10.1. The second kappa shape index (κ2) is 8.95. The van der Waals surface area contributed by atoms with E-state index in [0.29, 0.717) is 33.2 Å². The molecule has 3 aromatic heterocycles. The molecular formula is C21H18BrClF2N6O. The highest BCUT2D eigenvalue weighted by Gasteiger charge is 2.21. The smallest absolute Gasteiger partial charge is 0.264 e. The molecule has 0 spiro atoms. The van der Waals surface area contributed by atoms with Gasteiger partial charge in [0.05, 0.1) is 22.1 Å². The maximum absolute atomic E-state index is 13.5. The number of aryl methyl sites for hydroxylation is 2. The van der Waals surface area contributed by atoms with Crippen LogP contribution in [0, 0.1) is 13.8 Å². The van der Waals surface area contributed by atoms with Crippen LogP contribution in [0.5, 0.6) is 0 Å². The summed E-state index contributed by atoms with van der Waals surface area (Å²) in [5.74, 6) is -0.0664. The zero-order chi connectivity index (χ0) is 23.0. The molecule has 0 bridgehead atoms. The van der Waals surface area contributed by atoms with Gasteiger partial charge in [0.2, 0.25) is 5.91 Å². The van der Waals surface area contributed by atoms with E-state index < -0.39 is 12.3 Å². The van der Waals surface area contributed by atoms with Crippen molar-refractivity contribution in [3.05, 3.63) is 68.5 Å². The number of hydrogen-bond donors (Lipinski definition) is 1. The van der Waals surface area contributed by atoms with Gasteiger partial charge in [0.1, 0.15) is 6.54 Å². The fourth-order valence-corrected chi connectivity index (χ4v) is 3.99. The molecule has 4 aromatic rings. The highest BCUT2D eigenvalue weighted by Crippen LogP contribution is 2.30. The molecule has 11 heteroatoms. The van der Waals surface area contributed by atoms with E-state index in [1.165, 1.54) is 10.7 Å². The summed E-state index contributed by atoms with van der Waals surface area (Å²) in [7, 11) is 0. The number of nitrogens with one attached hydrogen (secondary N) is 1. The molecule has 4 rings (SSSR count). The van der Waals surface area contributed by atoms with Gasteiger partial charge >= 0.3 is 0 Å². The fraction of sp³-hybridized carbons (Fsp3) is 0.238. The average molecular weight is 524 g/mol. The van der Waals surface area contributed by atoms with Gasteiger partial charge in [-0.3, -0.25) is 9.48 Å². The van der Waals surface area contributed by atoms with Gasteiger partial charge in [-0.2, -0.15) is 10.2 Å². The van der Waals surface area contributed by atoms with Crippen molar-refractivity contribution in [2.75, 3.05) is 5.32 Å². The first-order valence-corrected chi connectivity index (χ1v) is 10.8. The lowest BCUT2D eigenvalue weighted by molar-refractivity contribution is -0.116. The minimum atomic E-state index is -2.66. The molecule has 1 aromatic carbocycles. The van der Waals surface area contributed by atoms with Gasteiger partial charge in [0, 0.05) is 22.5 Å². The van der Waals surface area contributed by atoms with Crippen molar-refractivity contribution in [1.82, 2.24) is 24.5 Å². The number of fused-ring (bicyclic) bond motifs is 1. The number of halogens is 4. The molecule has 166 valence electrons. The number of anilines is 1. The van der Waals surface area contributed by atoms with Gasteiger partial charge in [-0.05, 0) is 53.5 Å². The Morgan fingerprint density at radius 3 is 2.62 bits per heavy atom. The van der Waals surface area contributed by atoms with E-state index in [2.05, 4.69) is 36.4 Å². The zero-order valence-electron chi connectivity index (χ0n) is 17.1. The Morgan fingerprint density at radius 2 is 1.94 bits per heavy atom. The molecule has 3 heterocycles. The quantitative estimate of drug-likeness (QED) is 0.373. The molecule has 32 heavy (non-hydrogen) atoms. The lowest BCUT2D eigenvalue weighted by Crippen LogP contribution is -2.20. The number of benzene rings is 1. The number of carbonyl (C=O) groups is 1. The van der Waals surface area contributed by atoms with E-state index in [1.807, 2.05) is 12.1 Å². The molecule has 0 radical (unpaired) electrons. The number of amides is 1. The van der Waals surface area contributed by atoms with E-state index in [9.17, 15) is 13.6 Å².